The number of rotatable bonds is 6. The molecule has 0 aliphatic carbocycles. The van der Waals surface area contributed by atoms with E-state index in [-0.39, 0.29) is 5.91 Å². The van der Waals surface area contributed by atoms with Gasteiger partial charge < -0.3 is 4.90 Å². The molecular formula is C18H20ClNO. The van der Waals surface area contributed by atoms with Crippen molar-refractivity contribution in [3.8, 4) is 0 Å². The van der Waals surface area contributed by atoms with Crippen molar-refractivity contribution in [1.29, 1.82) is 0 Å². The van der Waals surface area contributed by atoms with Crippen molar-refractivity contribution in [2.75, 3.05) is 12.4 Å². The van der Waals surface area contributed by atoms with Crippen molar-refractivity contribution in [3.63, 3.8) is 0 Å². The molecule has 2 aromatic rings. The van der Waals surface area contributed by atoms with E-state index >= 15 is 0 Å². The SMILES string of the molecule is Cc1ccc(CC(=O)N(CCCl)Cc2ccccc2)cc1. The molecule has 0 bridgehead atoms. The average molecular weight is 302 g/mol. The maximum Gasteiger partial charge on any atom is 0.227 e. The van der Waals surface area contributed by atoms with E-state index in [1.807, 2.05) is 66.4 Å². The smallest absolute Gasteiger partial charge is 0.227 e. The van der Waals surface area contributed by atoms with E-state index in [1.165, 1.54) is 5.56 Å². The van der Waals surface area contributed by atoms with Crippen LogP contribution in [0.2, 0.25) is 0 Å². The minimum atomic E-state index is 0.114. The van der Waals surface area contributed by atoms with Crippen LogP contribution in [0, 0.1) is 6.92 Å². The molecule has 0 saturated heterocycles. The van der Waals surface area contributed by atoms with E-state index < -0.39 is 0 Å². The van der Waals surface area contributed by atoms with Gasteiger partial charge in [0.05, 0.1) is 6.42 Å². The molecule has 0 saturated carbocycles. The summed E-state index contributed by atoms with van der Waals surface area (Å²) < 4.78 is 0. The Morgan fingerprint density at radius 2 is 1.67 bits per heavy atom. The zero-order valence-corrected chi connectivity index (χ0v) is 13.0. The summed E-state index contributed by atoms with van der Waals surface area (Å²) in [6.07, 6.45) is 0.421. The highest BCUT2D eigenvalue weighted by Gasteiger charge is 2.14. The molecule has 0 radical (unpaired) electrons. The molecule has 0 atom stereocenters. The van der Waals surface area contributed by atoms with Gasteiger partial charge in [-0.2, -0.15) is 0 Å². The minimum absolute atomic E-state index is 0.114. The van der Waals surface area contributed by atoms with E-state index in [9.17, 15) is 4.79 Å². The van der Waals surface area contributed by atoms with E-state index in [4.69, 9.17) is 11.6 Å². The maximum absolute atomic E-state index is 12.5. The first-order valence-electron chi connectivity index (χ1n) is 7.12. The largest absolute Gasteiger partial charge is 0.337 e. The quantitative estimate of drug-likeness (QED) is 0.743. The molecule has 0 heterocycles. The first kappa shape index (κ1) is 15.6. The van der Waals surface area contributed by atoms with Gasteiger partial charge in [0.2, 0.25) is 5.91 Å². The molecule has 0 fully saturated rings. The molecule has 0 N–H and O–H groups in total. The Morgan fingerprint density at radius 3 is 2.29 bits per heavy atom. The third kappa shape index (κ3) is 4.91. The minimum Gasteiger partial charge on any atom is -0.337 e. The van der Waals surface area contributed by atoms with Gasteiger partial charge in [-0.05, 0) is 18.1 Å². The fourth-order valence-electron chi connectivity index (χ4n) is 2.19. The van der Waals surface area contributed by atoms with Crippen molar-refractivity contribution in [2.24, 2.45) is 0 Å². The normalized spacial score (nSPS) is 10.4. The summed E-state index contributed by atoms with van der Waals surface area (Å²) in [4.78, 5) is 14.3. The van der Waals surface area contributed by atoms with Gasteiger partial charge in [0, 0.05) is 19.0 Å². The number of carbonyl (C=O) groups excluding carboxylic acids is 1. The molecule has 2 nitrogen and oxygen atoms in total. The predicted octanol–water partition coefficient (Wildman–Crippen LogP) is 3.81. The van der Waals surface area contributed by atoms with Gasteiger partial charge in [-0.15, -0.1) is 11.6 Å². The second kappa shape index (κ2) is 7.84. The number of nitrogens with zero attached hydrogens (tertiary/aromatic N) is 1. The molecule has 110 valence electrons. The van der Waals surface area contributed by atoms with Crippen molar-refractivity contribution >= 4 is 17.5 Å². The molecule has 0 spiro atoms. The van der Waals surface area contributed by atoms with Crippen molar-refractivity contribution in [2.45, 2.75) is 19.9 Å². The van der Waals surface area contributed by atoms with Crippen LogP contribution in [0.4, 0.5) is 0 Å². The number of aryl methyl sites for hydroxylation is 1. The summed E-state index contributed by atoms with van der Waals surface area (Å²) in [5.74, 6) is 0.565. The van der Waals surface area contributed by atoms with Crippen molar-refractivity contribution < 1.29 is 4.79 Å². The van der Waals surface area contributed by atoms with Crippen LogP contribution in [-0.4, -0.2) is 23.2 Å². The van der Waals surface area contributed by atoms with E-state index in [1.54, 1.807) is 0 Å². The van der Waals surface area contributed by atoms with E-state index in [0.29, 0.717) is 25.4 Å². The highest BCUT2D eigenvalue weighted by Crippen LogP contribution is 2.09. The van der Waals surface area contributed by atoms with Crippen molar-refractivity contribution in [1.82, 2.24) is 4.90 Å². The van der Waals surface area contributed by atoms with Crippen LogP contribution in [0.15, 0.2) is 54.6 Å². The first-order valence-corrected chi connectivity index (χ1v) is 7.65. The topological polar surface area (TPSA) is 20.3 Å². The number of hydrogen-bond acceptors (Lipinski definition) is 1. The van der Waals surface area contributed by atoms with Crippen LogP contribution in [0.3, 0.4) is 0 Å². The van der Waals surface area contributed by atoms with Crippen LogP contribution in [0.5, 0.6) is 0 Å². The van der Waals surface area contributed by atoms with Crippen LogP contribution < -0.4 is 0 Å². The number of halogens is 1. The molecule has 0 aromatic heterocycles. The number of carbonyl (C=O) groups is 1. The molecule has 0 aliphatic heterocycles. The third-order valence-electron chi connectivity index (χ3n) is 3.40. The fraction of sp³-hybridized carbons (Fsp3) is 0.278. The molecule has 0 aliphatic rings. The van der Waals surface area contributed by atoms with Gasteiger partial charge in [0.25, 0.3) is 0 Å². The fourth-order valence-corrected chi connectivity index (χ4v) is 2.39. The van der Waals surface area contributed by atoms with Crippen LogP contribution in [0.1, 0.15) is 16.7 Å². The summed E-state index contributed by atoms with van der Waals surface area (Å²) in [7, 11) is 0. The zero-order valence-electron chi connectivity index (χ0n) is 12.3. The maximum atomic E-state index is 12.5. The lowest BCUT2D eigenvalue weighted by Gasteiger charge is -2.22. The summed E-state index contributed by atoms with van der Waals surface area (Å²) in [5.41, 5.74) is 3.37. The molecule has 21 heavy (non-hydrogen) atoms. The monoisotopic (exact) mass is 301 g/mol. The molecule has 1 amide bonds. The highest BCUT2D eigenvalue weighted by molar-refractivity contribution is 6.18. The molecule has 2 rings (SSSR count). The van der Waals surface area contributed by atoms with Gasteiger partial charge in [-0.1, -0.05) is 60.2 Å². The summed E-state index contributed by atoms with van der Waals surface area (Å²) in [6.45, 7) is 3.22. The van der Waals surface area contributed by atoms with Crippen LogP contribution >= 0.6 is 11.6 Å². The van der Waals surface area contributed by atoms with Gasteiger partial charge in [0.1, 0.15) is 0 Å². The first-order chi connectivity index (χ1) is 10.2. The lowest BCUT2D eigenvalue weighted by atomic mass is 10.1. The second-order valence-electron chi connectivity index (χ2n) is 5.15. The van der Waals surface area contributed by atoms with E-state index in [0.717, 1.165) is 11.1 Å². The van der Waals surface area contributed by atoms with Gasteiger partial charge in [-0.3, -0.25) is 4.79 Å². The number of hydrogen-bond donors (Lipinski definition) is 0. The van der Waals surface area contributed by atoms with Crippen molar-refractivity contribution in [3.05, 3.63) is 71.3 Å². The Bertz CT molecular complexity index is 566. The Hall–Kier alpha value is -1.80. The van der Waals surface area contributed by atoms with Gasteiger partial charge in [0.15, 0.2) is 0 Å². The lowest BCUT2D eigenvalue weighted by Crippen LogP contribution is -2.33. The van der Waals surface area contributed by atoms with Crippen LogP contribution in [-0.2, 0) is 17.8 Å². The third-order valence-corrected chi connectivity index (χ3v) is 3.57. The lowest BCUT2D eigenvalue weighted by molar-refractivity contribution is -0.130. The zero-order chi connectivity index (χ0) is 15.1. The Kier molecular flexibility index (Phi) is 5.82. The summed E-state index contributed by atoms with van der Waals surface area (Å²) in [6, 6.07) is 18.1. The van der Waals surface area contributed by atoms with Gasteiger partial charge in [-0.25, -0.2) is 0 Å². The molecular weight excluding hydrogens is 282 g/mol. The number of alkyl halides is 1. The highest BCUT2D eigenvalue weighted by atomic mass is 35.5. The Labute approximate surface area is 131 Å². The standard InChI is InChI=1S/C18H20ClNO/c1-15-7-9-16(10-8-15)13-18(21)20(12-11-19)14-17-5-3-2-4-6-17/h2-10H,11-14H2,1H3. The van der Waals surface area contributed by atoms with Gasteiger partial charge >= 0.3 is 0 Å². The predicted molar refractivity (Wildman–Crippen MR) is 87.5 cm³/mol. The van der Waals surface area contributed by atoms with E-state index in [2.05, 4.69) is 0 Å². The number of benzene rings is 2. The molecule has 0 unspecified atom stereocenters. The second-order valence-corrected chi connectivity index (χ2v) is 5.53. The summed E-state index contributed by atoms with van der Waals surface area (Å²) >= 11 is 5.84. The summed E-state index contributed by atoms with van der Waals surface area (Å²) in [5, 5.41) is 0. The number of amides is 1. The molecule has 3 heteroatoms. The Morgan fingerprint density at radius 1 is 1.00 bits per heavy atom. The molecule has 2 aromatic carbocycles. The average Bonchev–Trinajstić information content (AvgIpc) is 2.50. The Balaban J connectivity index is 2.03. The van der Waals surface area contributed by atoms with Crippen LogP contribution in [0.25, 0.3) is 0 Å².